The first-order valence-electron chi connectivity index (χ1n) is 12.1. The lowest BCUT2D eigenvalue weighted by Gasteiger charge is -2.40. The van der Waals surface area contributed by atoms with Gasteiger partial charge >= 0.3 is 0 Å². The fraction of sp³-hybridized carbons (Fsp3) is 0.462. The fourth-order valence-electron chi connectivity index (χ4n) is 4.74. The Hall–Kier alpha value is -2.45. The zero-order valence-electron chi connectivity index (χ0n) is 20.0. The second kappa shape index (κ2) is 11.3. The van der Waals surface area contributed by atoms with Crippen molar-refractivity contribution in [2.75, 3.05) is 26.2 Å². The lowest BCUT2D eigenvalue weighted by Crippen LogP contribution is -3.09. The number of carbonyl (C=O) groups is 1. The van der Waals surface area contributed by atoms with E-state index in [1.807, 2.05) is 55.4 Å². The quantitative estimate of drug-likeness (QED) is 0.423. The smallest absolute Gasteiger partial charge is 0.222 e. The maximum absolute atomic E-state index is 13.3. The number of nitrogens with one attached hydrogen (secondary N) is 2. The number of aromatic nitrogens is 1. The van der Waals surface area contributed by atoms with Gasteiger partial charge in [0, 0.05) is 41.8 Å². The topological polar surface area (TPSA) is 76.0 Å². The van der Waals surface area contributed by atoms with Gasteiger partial charge in [-0.25, -0.2) is 10.2 Å². The van der Waals surface area contributed by atoms with E-state index in [0.29, 0.717) is 29.8 Å². The van der Waals surface area contributed by atoms with Crippen molar-refractivity contribution in [2.45, 2.75) is 45.6 Å². The highest BCUT2D eigenvalue weighted by atomic mass is 35.5. The number of hydrogen-bond acceptors (Lipinski definition) is 5. The van der Waals surface area contributed by atoms with Crippen LogP contribution < -0.4 is 10.5 Å². The molecule has 2 atom stereocenters. The van der Waals surface area contributed by atoms with Gasteiger partial charge < -0.3 is 10.5 Å². The van der Waals surface area contributed by atoms with Crippen molar-refractivity contribution in [1.82, 2.24) is 20.2 Å². The number of halogens is 1. The van der Waals surface area contributed by atoms with Crippen molar-refractivity contribution in [3.8, 4) is 0 Å². The predicted octanol–water partition coefficient (Wildman–Crippen LogP) is 3.19. The van der Waals surface area contributed by atoms with Crippen molar-refractivity contribution in [2.24, 2.45) is 5.92 Å². The molecule has 0 aliphatic carbocycles. The Morgan fingerprint density at radius 1 is 1.29 bits per heavy atom. The van der Waals surface area contributed by atoms with Gasteiger partial charge in [0.05, 0.1) is 18.9 Å². The Bertz CT molecular complexity index is 1010. The van der Waals surface area contributed by atoms with E-state index >= 15 is 0 Å². The summed E-state index contributed by atoms with van der Waals surface area (Å²) in [6.45, 7) is 7.12. The minimum Gasteiger partial charge on any atom is -0.603 e. The Morgan fingerprint density at radius 3 is 2.85 bits per heavy atom. The molecule has 0 bridgehead atoms. The van der Waals surface area contributed by atoms with Crippen LogP contribution in [0.4, 0.5) is 5.69 Å². The third kappa shape index (κ3) is 5.96. The fourth-order valence-corrected chi connectivity index (χ4v) is 4.86. The van der Waals surface area contributed by atoms with Gasteiger partial charge in [-0.1, -0.05) is 37.6 Å². The minimum atomic E-state index is 0.0101. The third-order valence-corrected chi connectivity index (χ3v) is 6.88. The molecular formula is C26H34ClN5O2. The number of carbonyl (C=O) groups excluding carboxylic acids is 1. The maximum Gasteiger partial charge on any atom is 0.222 e. The van der Waals surface area contributed by atoms with Gasteiger partial charge in [0.2, 0.25) is 5.91 Å². The lowest BCUT2D eigenvalue weighted by atomic mass is 9.97. The molecule has 0 spiro atoms. The molecule has 34 heavy (non-hydrogen) atoms. The SMILES string of the molecule is CC(C)C(=O)NCCCN1CCC[C@@H]1CN1C=C(Cc2ccc(Cl)cc2)c2ccncc2[NH+]1[O-]. The first-order chi connectivity index (χ1) is 16.4. The molecule has 2 aliphatic heterocycles. The molecule has 2 aromatic rings. The van der Waals surface area contributed by atoms with Crippen LogP contribution >= 0.6 is 11.6 Å². The van der Waals surface area contributed by atoms with Gasteiger partial charge in [0.1, 0.15) is 0 Å². The Kier molecular flexibility index (Phi) is 8.21. The normalized spacial score (nSPS) is 20.4. The van der Waals surface area contributed by atoms with Gasteiger partial charge in [0.15, 0.2) is 5.69 Å². The molecule has 182 valence electrons. The Balaban J connectivity index is 1.43. The summed E-state index contributed by atoms with van der Waals surface area (Å²) < 4.78 is 0. The van der Waals surface area contributed by atoms with Crippen LogP contribution in [0.5, 0.6) is 0 Å². The molecule has 4 rings (SSSR count). The van der Waals surface area contributed by atoms with E-state index in [-0.39, 0.29) is 17.0 Å². The minimum absolute atomic E-state index is 0.0101. The lowest BCUT2D eigenvalue weighted by molar-refractivity contribution is -0.903. The third-order valence-electron chi connectivity index (χ3n) is 6.63. The molecule has 0 saturated carbocycles. The summed E-state index contributed by atoms with van der Waals surface area (Å²) >= 11 is 6.06. The number of nitrogens with zero attached hydrogens (tertiary/aromatic N) is 3. The first-order valence-corrected chi connectivity index (χ1v) is 12.5. The highest BCUT2D eigenvalue weighted by Crippen LogP contribution is 2.28. The molecule has 1 fully saturated rings. The summed E-state index contributed by atoms with van der Waals surface area (Å²) in [6, 6.07) is 10.1. The molecule has 1 aromatic heterocycles. The Morgan fingerprint density at radius 2 is 2.09 bits per heavy atom. The summed E-state index contributed by atoms with van der Waals surface area (Å²) in [4.78, 5) is 18.5. The van der Waals surface area contributed by atoms with Gasteiger partial charge in [-0.3, -0.25) is 14.7 Å². The summed E-state index contributed by atoms with van der Waals surface area (Å²) in [6.07, 6.45) is 9.29. The van der Waals surface area contributed by atoms with Crippen molar-refractivity contribution < 1.29 is 9.97 Å². The van der Waals surface area contributed by atoms with E-state index in [9.17, 15) is 10.0 Å². The van der Waals surface area contributed by atoms with Crippen LogP contribution in [0.25, 0.3) is 5.57 Å². The van der Waals surface area contributed by atoms with Crippen LogP contribution in [0.3, 0.4) is 0 Å². The number of likely N-dealkylation sites (tertiary alicyclic amines) is 1. The second-order valence-corrected chi connectivity index (χ2v) is 9.90. The Labute approximate surface area is 206 Å². The van der Waals surface area contributed by atoms with E-state index in [1.165, 1.54) is 0 Å². The standard InChI is InChI=1S/C26H34ClN5O2/c1-19(2)26(33)29-11-4-14-30-13-3-5-23(30)18-31-17-21(15-20-6-8-22(27)9-7-20)24-10-12-28-16-25(24)32(31)34/h6-10,12,16-17,19,23,32H,3-5,11,13-15,18H2,1-2H3,(H,29,33)/t23-/m1/s1. The van der Waals surface area contributed by atoms with Gasteiger partial charge in [-0.15, -0.1) is 0 Å². The van der Waals surface area contributed by atoms with Crippen LogP contribution in [0, 0.1) is 11.1 Å². The highest BCUT2D eigenvalue weighted by Gasteiger charge is 2.31. The summed E-state index contributed by atoms with van der Waals surface area (Å²) in [5, 5.41) is 18.9. The highest BCUT2D eigenvalue weighted by molar-refractivity contribution is 6.30. The van der Waals surface area contributed by atoms with Crippen molar-refractivity contribution in [3.63, 3.8) is 0 Å². The van der Waals surface area contributed by atoms with Crippen molar-refractivity contribution in [3.05, 3.63) is 70.3 Å². The van der Waals surface area contributed by atoms with E-state index in [0.717, 1.165) is 55.5 Å². The molecular weight excluding hydrogens is 450 g/mol. The van der Waals surface area contributed by atoms with E-state index < -0.39 is 0 Å². The number of hydrogen-bond donors (Lipinski definition) is 2. The summed E-state index contributed by atoms with van der Waals surface area (Å²) in [5.74, 6) is 0.110. The predicted molar refractivity (Wildman–Crippen MR) is 135 cm³/mol. The van der Waals surface area contributed by atoms with Crippen molar-refractivity contribution >= 4 is 28.8 Å². The summed E-state index contributed by atoms with van der Waals surface area (Å²) in [5.41, 5.74) is 3.88. The number of benzene rings is 1. The van der Waals surface area contributed by atoms with E-state index in [2.05, 4.69) is 15.2 Å². The molecule has 8 heteroatoms. The monoisotopic (exact) mass is 483 g/mol. The van der Waals surface area contributed by atoms with Crippen LogP contribution in [0.15, 0.2) is 48.9 Å². The van der Waals surface area contributed by atoms with E-state index in [1.54, 1.807) is 12.4 Å². The summed E-state index contributed by atoms with van der Waals surface area (Å²) in [7, 11) is 0. The molecule has 1 saturated heterocycles. The molecule has 1 amide bonds. The average Bonchev–Trinajstić information content (AvgIpc) is 3.27. The van der Waals surface area contributed by atoms with E-state index in [4.69, 9.17) is 11.6 Å². The van der Waals surface area contributed by atoms with Gasteiger partial charge in [-0.05, 0) is 61.6 Å². The number of allylic oxidation sites excluding steroid dienone is 1. The number of quaternary nitrogens is 1. The molecule has 3 heterocycles. The van der Waals surface area contributed by atoms with Crippen LogP contribution in [0.1, 0.15) is 44.2 Å². The molecule has 0 radical (unpaired) electrons. The van der Waals surface area contributed by atoms with Crippen LogP contribution in [-0.4, -0.2) is 53.0 Å². The van der Waals surface area contributed by atoms with Gasteiger partial charge in [0.25, 0.3) is 0 Å². The van der Waals surface area contributed by atoms with Crippen LogP contribution in [-0.2, 0) is 11.2 Å². The molecule has 1 aromatic carbocycles. The average molecular weight is 484 g/mol. The molecule has 2 N–H and O–H groups in total. The van der Waals surface area contributed by atoms with Crippen LogP contribution in [0.2, 0.25) is 5.02 Å². The second-order valence-electron chi connectivity index (χ2n) is 9.47. The van der Waals surface area contributed by atoms with Gasteiger partial charge in [-0.2, -0.15) is 0 Å². The zero-order valence-corrected chi connectivity index (χ0v) is 20.7. The van der Waals surface area contributed by atoms with Crippen molar-refractivity contribution in [1.29, 1.82) is 0 Å². The molecule has 7 nitrogen and oxygen atoms in total. The number of amides is 1. The first kappa shape index (κ1) is 24.7. The molecule has 1 unspecified atom stereocenters. The maximum atomic E-state index is 13.3. The number of pyridine rings is 1. The number of fused-ring (bicyclic) bond motifs is 1. The largest absolute Gasteiger partial charge is 0.603 e. The number of rotatable bonds is 9. The zero-order chi connectivity index (χ0) is 24.1. The molecule has 2 aliphatic rings.